The highest BCUT2D eigenvalue weighted by molar-refractivity contribution is 7.18. The molecule has 3 heterocycles. The fourth-order valence-electron chi connectivity index (χ4n) is 2.44. The topological polar surface area (TPSA) is 102 Å². The first-order chi connectivity index (χ1) is 12.6. The van der Waals surface area contributed by atoms with E-state index in [1.54, 1.807) is 12.3 Å². The number of carboxylic acid groups (broad SMARTS) is 1. The van der Waals surface area contributed by atoms with E-state index >= 15 is 0 Å². The van der Waals surface area contributed by atoms with Crippen LogP contribution in [-0.4, -0.2) is 31.2 Å². The fourth-order valence-corrected chi connectivity index (χ4v) is 3.55. The van der Waals surface area contributed by atoms with Crippen LogP contribution in [0.2, 0.25) is 5.02 Å². The summed E-state index contributed by atoms with van der Waals surface area (Å²) in [5, 5.41) is 17.8. The van der Waals surface area contributed by atoms with Crippen molar-refractivity contribution < 1.29 is 14.3 Å². The third kappa shape index (κ3) is 3.56. The number of fused-ring (bicyclic) bond motifs is 1. The Balaban J connectivity index is 1.58. The number of aliphatic carboxylic acids is 1. The average Bonchev–Trinajstić information content (AvgIpc) is 3.20. The van der Waals surface area contributed by atoms with E-state index in [0.29, 0.717) is 17.3 Å². The lowest BCUT2D eigenvalue weighted by atomic mass is 10.1. The van der Waals surface area contributed by atoms with E-state index in [-0.39, 0.29) is 12.3 Å². The van der Waals surface area contributed by atoms with E-state index in [2.05, 4.69) is 20.2 Å². The first kappa shape index (κ1) is 16.6. The molecule has 0 spiro atoms. The number of pyridine rings is 1. The van der Waals surface area contributed by atoms with Crippen LogP contribution in [0, 0.1) is 0 Å². The van der Waals surface area contributed by atoms with Gasteiger partial charge in [-0.15, -0.1) is 21.5 Å². The summed E-state index contributed by atoms with van der Waals surface area (Å²) in [7, 11) is 0. The van der Waals surface area contributed by atoms with Crippen molar-refractivity contribution in [2.24, 2.45) is 0 Å². The second-order valence-corrected chi connectivity index (χ2v) is 7.04. The van der Waals surface area contributed by atoms with E-state index in [1.807, 2.05) is 24.3 Å². The third-order valence-electron chi connectivity index (χ3n) is 3.57. The van der Waals surface area contributed by atoms with Crippen LogP contribution in [-0.2, 0) is 17.6 Å². The van der Waals surface area contributed by atoms with Crippen molar-refractivity contribution in [3.63, 3.8) is 0 Å². The lowest BCUT2D eigenvalue weighted by molar-refractivity contribution is -0.136. The maximum Gasteiger partial charge on any atom is 0.312 e. The molecule has 9 heteroatoms. The standard InChI is InChI=1S/C17H11ClN4O3S/c18-10-2-4-11(19-8-10)9-1-3-12-13(5-9)26-16(20-12)6-14-21-22-15(25-14)7-17(23)24/h1-5,8H,6-7H2,(H,23,24). The second-order valence-electron chi connectivity index (χ2n) is 5.49. The average molecular weight is 387 g/mol. The van der Waals surface area contributed by atoms with Gasteiger partial charge in [0.25, 0.3) is 0 Å². The van der Waals surface area contributed by atoms with Crippen LogP contribution in [0.4, 0.5) is 0 Å². The van der Waals surface area contributed by atoms with Crippen LogP contribution in [0.25, 0.3) is 21.5 Å². The van der Waals surface area contributed by atoms with Crippen molar-refractivity contribution in [3.8, 4) is 11.3 Å². The maximum absolute atomic E-state index is 10.7. The van der Waals surface area contributed by atoms with Gasteiger partial charge in [0.05, 0.1) is 27.4 Å². The predicted molar refractivity (Wildman–Crippen MR) is 96.3 cm³/mol. The molecule has 0 amide bonds. The Bertz CT molecular complexity index is 1090. The number of benzene rings is 1. The summed E-state index contributed by atoms with van der Waals surface area (Å²) in [6.45, 7) is 0. The van der Waals surface area contributed by atoms with E-state index in [4.69, 9.17) is 21.1 Å². The molecule has 4 rings (SSSR count). The fraction of sp³-hybridized carbons (Fsp3) is 0.118. The van der Waals surface area contributed by atoms with Gasteiger partial charge in [0.1, 0.15) is 11.4 Å². The van der Waals surface area contributed by atoms with Crippen molar-refractivity contribution in [2.45, 2.75) is 12.8 Å². The van der Waals surface area contributed by atoms with E-state index in [0.717, 1.165) is 26.5 Å². The first-order valence-electron chi connectivity index (χ1n) is 7.61. The zero-order valence-corrected chi connectivity index (χ0v) is 14.8. The van der Waals surface area contributed by atoms with Gasteiger partial charge < -0.3 is 9.52 Å². The number of rotatable bonds is 5. The molecule has 0 fully saturated rings. The Morgan fingerprint density at radius 3 is 2.81 bits per heavy atom. The Labute approximate surface area is 156 Å². The zero-order valence-electron chi connectivity index (χ0n) is 13.2. The maximum atomic E-state index is 10.7. The molecule has 0 aliphatic heterocycles. The Kier molecular flexibility index (Phi) is 4.36. The minimum absolute atomic E-state index is 0.0877. The number of hydrogen-bond donors (Lipinski definition) is 1. The molecule has 0 unspecified atom stereocenters. The normalized spacial score (nSPS) is 11.1. The highest BCUT2D eigenvalue weighted by Gasteiger charge is 2.13. The molecule has 0 aliphatic rings. The lowest BCUT2D eigenvalue weighted by Crippen LogP contribution is -1.99. The Morgan fingerprint density at radius 1 is 1.19 bits per heavy atom. The minimum Gasteiger partial charge on any atom is -0.481 e. The van der Waals surface area contributed by atoms with E-state index in [1.165, 1.54) is 11.3 Å². The first-order valence-corrected chi connectivity index (χ1v) is 8.81. The van der Waals surface area contributed by atoms with Gasteiger partial charge in [0, 0.05) is 11.8 Å². The van der Waals surface area contributed by atoms with Gasteiger partial charge in [-0.2, -0.15) is 0 Å². The van der Waals surface area contributed by atoms with Crippen LogP contribution in [0.3, 0.4) is 0 Å². The second kappa shape index (κ2) is 6.81. The summed E-state index contributed by atoms with van der Waals surface area (Å²) in [6.07, 6.45) is 1.69. The van der Waals surface area contributed by atoms with Gasteiger partial charge >= 0.3 is 5.97 Å². The largest absolute Gasteiger partial charge is 0.481 e. The molecule has 26 heavy (non-hydrogen) atoms. The molecule has 0 saturated heterocycles. The van der Waals surface area contributed by atoms with Gasteiger partial charge in [0.2, 0.25) is 11.8 Å². The highest BCUT2D eigenvalue weighted by Crippen LogP contribution is 2.28. The molecule has 0 aliphatic carbocycles. The van der Waals surface area contributed by atoms with Gasteiger partial charge in [-0.3, -0.25) is 9.78 Å². The Morgan fingerprint density at radius 2 is 2.04 bits per heavy atom. The molecule has 130 valence electrons. The van der Waals surface area contributed by atoms with Gasteiger partial charge in [0.15, 0.2) is 0 Å². The molecule has 7 nitrogen and oxygen atoms in total. The van der Waals surface area contributed by atoms with Crippen LogP contribution < -0.4 is 0 Å². The molecular weight excluding hydrogens is 376 g/mol. The van der Waals surface area contributed by atoms with Crippen LogP contribution in [0.15, 0.2) is 40.9 Å². The quantitative estimate of drug-likeness (QED) is 0.558. The predicted octanol–water partition coefficient (Wildman–Crippen LogP) is 3.61. The number of nitrogens with zero attached hydrogens (tertiary/aromatic N) is 4. The number of thiazole rings is 1. The molecule has 0 bridgehead atoms. The highest BCUT2D eigenvalue weighted by atomic mass is 35.5. The summed E-state index contributed by atoms with van der Waals surface area (Å²) >= 11 is 7.40. The zero-order chi connectivity index (χ0) is 18.1. The number of hydrogen-bond acceptors (Lipinski definition) is 7. The number of carbonyl (C=O) groups is 1. The summed E-state index contributed by atoms with van der Waals surface area (Å²) < 4.78 is 6.35. The molecule has 4 aromatic rings. The number of aromatic nitrogens is 4. The van der Waals surface area contributed by atoms with Gasteiger partial charge in [-0.1, -0.05) is 17.7 Å². The molecule has 3 aromatic heterocycles. The monoisotopic (exact) mass is 386 g/mol. The van der Waals surface area contributed by atoms with Gasteiger partial charge in [-0.25, -0.2) is 4.98 Å². The Hall–Kier alpha value is -2.84. The number of carboxylic acids is 1. The van der Waals surface area contributed by atoms with Crippen molar-refractivity contribution >= 4 is 39.1 Å². The smallest absolute Gasteiger partial charge is 0.312 e. The minimum atomic E-state index is -1.01. The summed E-state index contributed by atoms with van der Waals surface area (Å²) in [5.74, 6) is -0.576. The molecule has 0 saturated carbocycles. The molecule has 1 aromatic carbocycles. The molecular formula is C17H11ClN4O3S. The summed E-state index contributed by atoms with van der Waals surface area (Å²) in [4.78, 5) is 19.6. The summed E-state index contributed by atoms with van der Waals surface area (Å²) in [5.41, 5.74) is 2.68. The van der Waals surface area contributed by atoms with Crippen LogP contribution in [0.1, 0.15) is 16.8 Å². The molecule has 0 atom stereocenters. The molecule has 1 N–H and O–H groups in total. The van der Waals surface area contributed by atoms with E-state index < -0.39 is 5.97 Å². The van der Waals surface area contributed by atoms with E-state index in [9.17, 15) is 4.79 Å². The third-order valence-corrected chi connectivity index (χ3v) is 4.81. The van der Waals surface area contributed by atoms with Crippen LogP contribution in [0.5, 0.6) is 0 Å². The van der Waals surface area contributed by atoms with Crippen molar-refractivity contribution in [3.05, 3.63) is 58.3 Å². The SMILES string of the molecule is O=C(O)Cc1nnc(Cc2nc3ccc(-c4ccc(Cl)cn4)cc3s2)o1. The van der Waals surface area contributed by atoms with Crippen molar-refractivity contribution in [1.82, 2.24) is 20.2 Å². The summed E-state index contributed by atoms with van der Waals surface area (Å²) in [6, 6.07) is 9.59. The van der Waals surface area contributed by atoms with Gasteiger partial charge in [-0.05, 0) is 24.3 Å². The lowest BCUT2D eigenvalue weighted by Gasteiger charge is -2.00. The van der Waals surface area contributed by atoms with Crippen molar-refractivity contribution in [1.29, 1.82) is 0 Å². The number of halogens is 1. The molecule has 0 radical (unpaired) electrons. The van der Waals surface area contributed by atoms with Crippen molar-refractivity contribution in [2.75, 3.05) is 0 Å². The van der Waals surface area contributed by atoms with Crippen LogP contribution >= 0.6 is 22.9 Å².